The first-order valence-corrected chi connectivity index (χ1v) is 3.43. The molecule has 0 aromatic carbocycles. The van der Waals surface area contributed by atoms with Crippen molar-refractivity contribution in [3.63, 3.8) is 0 Å². The van der Waals surface area contributed by atoms with Crippen LogP contribution in [-0.2, 0) is 4.74 Å². The van der Waals surface area contributed by atoms with Crippen LogP contribution in [0.2, 0.25) is 0 Å². The van der Waals surface area contributed by atoms with E-state index in [0.29, 0.717) is 0 Å². The summed E-state index contributed by atoms with van der Waals surface area (Å²) in [5.41, 5.74) is 2.06. The van der Waals surface area contributed by atoms with E-state index in [1.165, 1.54) is 0 Å². The maximum Gasteiger partial charge on any atom is 0.206 e. The molecule has 0 amide bonds. The van der Waals surface area contributed by atoms with Crippen LogP contribution < -0.4 is 0 Å². The van der Waals surface area contributed by atoms with E-state index in [4.69, 9.17) is 46.4 Å². The largest absolute Gasteiger partial charge is 0.431 e. The summed E-state index contributed by atoms with van der Waals surface area (Å²) in [7, 11) is 0. The summed E-state index contributed by atoms with van der Waals surface area (Å²) in [6, 6.07) is 0. The summed E-state index contributed by atoms with van der Waals surface area (Å²) < 4.78 is 4.54. The van der Waals surface area contributed by atoms with Crippen molar-refractivity contribution in [1.29, 1.82) is 0 Å². The second-order valence-corrected chi connectivity index (χ2v) is 2.11. The number of halogens is 4. The quantitative estimate of drug-likeness (QED) is 0.630. The minimum absolute atomic E-state index is 0.0291. The first-order chi connectivity index (χ1) is 4.20. The molecule has 0 aromatic heterocycles. The Labute approximate surface area is 72.8 Å². The average molecular weight is 208 g/mol. The Bertz CT molecular complexity index is 124. The molecule has 5 heteroatoms. The minimum atomic E-state index is -0.0291. The smallest absolute Gasteiger partial charge is 0.206 e. The lowest BCUT2D eigenvalue weighted by Crippen LogP contribution is -1.76. The number of hydrogen-bond acceptors (Lipinski definition) is 1. The molecule has 52 valence electrons. The van der Waals surface area contributed by atoms with Crippen LogP contribution in [0.25, 0.3) is 0 Å². The Hall–Kier alpha value is 0.440. The van der Waals surface area contributed by atoms with Gasteiger partial charge in [0.25, 0.3) is 0 Å². The van der Waals surface area contributed by atoms with E-state index in [-0.39, 0.29) is 10.4 Å². The maximum atomic E-state index is 5.26. The van der Waals surface area contributed by atoms with Crippen molar-refractivity contribution in [2.45, 2.75) is 0 Å². The van der Waals surface area contributed by atoms with E-state index < -0.39 is 0 Å². The molecule has 0 N–H and O–H groups in total. The van der Waals surface area contributed by atoms with Gasteiger partial charge in [0, 0.05) is 0 Å². The standard InChI is InChI=1S/C4H2Cl4O/c5-1-3(7)9-4(8)2-6/h1-2H. The zero-order valence-corrected chi connectivity index (χ0v) is 7.10. The predicted octanol–water partition coefficient (Wildman–Crippen LogP) is 3.56. The molecule has 0 heterocycles. The van der Waals surface area contributed by atoms with Crippen molar-refractivity contribution >= 4 is 46.4 Å². The lowest BCUT2D eigenvalue weighted by molar-refractivity contribution is 0.369. The third-order valence-corrected chi connectivity index (χ3v) is 1.36. The van der Waals surface area contributed by atoms with Gasteiger partial charge in [0.2, 0.25) is 10.4 Å². The normalized spacial score (nSPS) is 13.8. The molecule has 0 unspecified atom stereocenters. The number of rotatable bonds is 2. The van der Waals surface area contributed by atoms with Gasteiger partial charge in [-0.05, 0) is 23.2 Å². The first kappa shape index (κ1) is 9.44. The van der Waals surface area contributed by atoms with Gasteiger partial charge in [-0.3, -0.25) is 0 Å². The molecule has 1 nitrogen and oxygen atoms in total. The highest BCUT2D eigenvalue weighted by Gasteiger charge is 1.93. The van der Waals surface area contributed by atoms with Gasteiger partial charge in [0.05, 0.1) is 11.1 Å². The molecule has 0 spiro atoms. The van der Waals surface area contributed by atoms with Crippen molar-refractivity contribution in [3.8, 4) is 0 Å². The molecular formula is C4H2Cl4O. The average Bonchev–Trinajstić information content (AvgIpc) is 1.87. The van der Waals surface area contributed by atoms with Gasteiger partial charge in [-0.25, -0.2) is 0 Å². The van der Waals surface area contributed by atoms with Crippen LogP contribution in [0.3, 0.4) is 0 Å². The summed E-state index contributed by atoms with van der Waals surface area (Å²) in [4.78, 5) is 0. The SMILES string of the molecule is ClC=C(Cl)OC(Cl)=CCl. The Morgan fingerprint density at radius 1 is 1.00 bits per heavy atom. The molecular weight excluding hydrogens is 206 g/mol. The third-order valence-electron chi connectivity index (χ3n) is 0.367. The Balaban J connectivity index is 3.75. The maximum absolute atomic E-state index is 5.26. The Morgan fingerprint density at radius 3 is 1.56 bits per heavy atom. The summed E-state index contributed by atoms with van der Waals surface area (Å²) >= 11 is 20.7. The van der Waals surface area contributed by atoms with Gasteiger partial charge in [-0.1, -0.05) is 23.2 Å². The highest BCUT2D eigenvalue weighted by Crippen LogP contribution is 2.14. The Kier molecular flexibility index (Phi) is 5.50. The second-order valence-electron chi connectivity index (χ2n) is 0.929. The van der Waals surface area contributed by atoms with Gasteiger partial charge in [0.15, 0.2) is 0 Å². The van der Waals surface area contributed by atoms with Gasteiger partial charge in [-0.15, -0.1) is 0 Å². The molecule has 0 saturated heterocycles. The third kappa shape index (κ3) is 4.91. The van der Waals surface area contributed by atoms with Crippen LogP contribution in [0.4, 0.5) is 0 Å². The van der Waals surface area contributed by atoms with Gasteiger partial charge < -0.3 is 4.74 Å². The predicted molar refractivity (Wildman–Crippen MR) is 40.7 cm³/mol. The molecule has 0 aliphatic heterocycles. The first-order valence-electron chi connectivity index (χ1n) is 1.80. The highest BCUT2D eigenvalue weighted by atomic mass is 35.5. The van der Waals surface area contributed by atoms with Crippen molar-refractivity contribution in [2.75, 3.05) is 0 Å². The van der Waals surface area contributed by atoms with E-state index in [9.17, 15) is 0 Å². The minimum Gasteiger partial charge on any atom is -0.431 e. The fraction of sp³-hybridized carbons (Fsp3) is 0. The van der Waals surface area contributed by atoms with E-state index in [1.54, 1.807) is 0 Å². The van der Waals surface area contributed by atoms with Gasteiger partial charge in [0.1, 0.15) is 0 Å². The van der Waals surface area contributed by atoms with Crippen LogP contribution in [0, 0.1) is 0 Å². The van der Waals surface area contributed by atoms with E-state index in [2.05, 4.69) is 4.74 Å². The second kappa shape index (κ2) is 5.24. The van der Waals surface area contributed by atoms with Gasteiger partial charge in [-0.2, -0.15) is 0 Å². The fourth-order valence-corrected chi connectivity index (χ4v) is 0.433. The zero-order chi connectivity index (χ0) is 7.28. The molecule has 0 rings (SSSR count). The van der Waals surface area contributed by atoms with Crippen LogP contribution in [-0.4, -0.2) is 0 Å². The topological polar surface area (TPSA) is 9.23 Å². The molecule has 0 aliphatic carbocycles. The summed E-state index contributed by atoms with van der Waals surface area (Å²) in [5.74, 6) is 0. The fourth-order valence-electron chi connectivity index (χ4n) is 0.138. The Morgan fingerprint density at radius 2 is 1.33 bits per heavy atom. The van der Waals surface area contributed by atoms with Crippen LogP contribution in [0.15, 0.2) is 21.5 Å². The summed E-state index contributed by atoms with van der Waals surface area (Å²) in [5, 5.41) is -0.0582. The van der Waals surface area contributed by atoms with Gasteiger partial charge >= 0.3 is 0 Å². The van der Waals surface area contributed by atoms with Crippen LogP contribution >= 0.6 is 46.4 Å². The lowest BCUT2D eigenvalue weighted by Gasteiger charge is -1.96. The van der Waals surface area contributed by atoms with Crippen LogP contribution in [0.1, 0.15) is 0 Å². The molecule has 0 aromatic rings. The van der Waals surface area contributed by atoms with Crippen molar-refractivity contribution in [3.05, 3.63) is 21.5 Å². The van der Waals surface area contributed by atoms with Crippen LogP contribution in [0.5, 0.6) is 0 Å². The highest BCUT2D eigenvalue weighted by molar-refractivity contribution is 6.38. The molecule has 9 heavy (non-hydrogen) atoms. The van der Waals surface area contributed by atoms with E-state index in [0.717, 1.165) is 11.1 Å². The van der Waals surface area contributed by atoms with E-state index in [1.807, 2.05) is 0 Å². The molecule has 0 radical (unpaired) electrons. The molecule has 0 atom stereocenters. The molecule has 0 fully saturated rings. The molecule has 0 saturated carbocycles. The summed E-state index contributed by atoms with van der Waals surface area (Å²) in [6.07, 6.45) is 0. The van der Waals surface area contributed by atoms with Crippen molar-refractivity contribution in [1.82, 2.24) is 0 Å². The molecule has 0 aliphatic rings. The lowest BCUT2D eigenvalue weighted by atomic mass is 11.0. The zero-order valence-electron chi connectivity index (χ0n) is 4.07. The van der Waals surface area contributed by atoms with Crippen molar-refractivity contribution in [2.24, 2.45) is 0 Å². The van der Waals surface area contributed by atoms with E-state index >= 15 is 0 Å². The molecule has 0 bridgehead atoms. The summed E-state index contributed by atoms with van der Waals surface area (Å²) in [6.45, 7) is 0. The number of ether oxygens (including phenoxy) is 1. The van der Waals surface area contributed by atoms with Crippen molar-refractivity contribution < 1.29 is 4.74 Å². The number of hydrogen-bond donors (Lipinski definition) is 0. The monoisotopic (exact) mass is 206 g/mol.